The standard InChI is InChI=1S/C11H15FN2O2S/c1-8-2-3-10(12)11(6-8)17(15,16)14-5-4-9(13)7-14/h2-3,6,9H,4-5,7,13H2,1H3/t9-/m1/s1. The first-order valence-corrected chi connectivity index (χ1v) is 6.87. The molecule has 1 aromatic rings. The molecule has 1 fully saturated rings. The van der Waals surface area contributed by atoms with E-state index >= 15 is 0 Å². The number of sulfonamides is 1. The maximum absolute atomic E-state index is 13.6. The van der Waals surface area contributed by atoms with Crippen LogP contribution >= 0.6 is 0 Å². The van der Waals surface area contributed by atoms with Gasteiger partial charge in [0.1, 0.15) is 10.7 Å². The molecule has 0 unspecified atom stereocenters. The van der Waals surface area contributed by atoms with Crippen molar-refractivity contribution >= 4 is 10.0 Å². The Labute approximate surface area is 100 Å². The van der Waals surface area contributed by atoms with Crippen molar-refractivity contribution in [2.24, 2.45) is 5.73 Å². The molecule has 1 heterocycles. The number of halogens is 1. The van der Waals surface area contributed by atoms with Gasteiger partial charge in [0.2, 0.25) is 10.0 Å². The maximum Gasteiger partial charge on any atom is 0.246 e. The number of rotatable bonds is 2. The van der Waals surface area contributed by atoms with Gasteiger partial charge < -0.3 is 5.73 Å². The molecule has 0 bridgehead atoms. The van der Waals surface area contributed by atoms with Crippen LogP contribution in [0.3, 0.4) is 0 Å². The number of aryl methyl sites for hydroxylation is 1. The predicted molar refractivity (Wildman–Crippen MR) is 62.5 cm³/mol. The smallest absolute Gasteiger partial charge is 0.246 e. The summed E-state index contributed by atoms with van der Waals surface area (Å²) < 4.78 is 39.2. The van der Waals surface area contributed by atoms with Crippen LogP contribution in [0.5, 0.6) is 0 Å². The van der Waals surface area contributed by atoms with Crippen molar-refractivity contribution in [2.45, 2.75) is 24.3 Å². The van der Waals surface area contributed by atoms with Crippen molar-refractivity contribution in [3.8, 4) is 0 Å². The van der Waals surface area contributed by atoms with Gasteiger partial charge in [0.25, 0.3) is 0 Å². The molecule has 1 atom stereocenters. The van der Waals surface area contributed by atoms with E-state index in [0.29, 0.717) is 18.5 Å². The molecule has 1 aliphatic rings. The third-order valence-electron chi connectivity index (χ3n) is 2.89. The minimum Gasteiger partial charge on any atom is -0.326 e. The highest BCUT2D eigenvalue weighted by Gasteiger charge is 2.32. The van der Waals surface area contributed by atoms with Gasteiger partial charge >= 0.3 is 0 Å². The fourth-order valence-electron chi connectivity index (χ4n) is 1.92. The highest BCUT2D eigenvalue weighted by atomic mass is 32.2. The van der Waals surface area contributed by atoms with Crippen molar-refractivity contribution in [3.63, 3.8) is 0 Å². The van der Waals surface area contributed by atoms with Gasteiger partial charge in [0.15, 0.2) is 0 Å². The lowest BCUT2D eigenvalue weighted by molar-refractivity contribution is 0.465. The quantitative estimate of drug-likeness (QED) is 0.855. The van der Waals surface area contributed by atoms with E-state index in [9.17, 15) is 12.8 Å². The van der Waals surface area contributed by atoms with Gasteiger partial charge in [-0.2, -0.15) is 4.31 Å². The summed E-state index contributed by atoms with van der Waals surface area (Å²) in [5.74, 6) is -0.712. The second-order valence-electron chi connectivity index (χ2n) is 4.35. The van der Waals surface area contributed by atoms with Gasteiger partial charge in [-0.3, -0.25) is 0 Å². The zero-order chi connectivity index (χ0) is 12.6. The third-order valence-corrected chi connectivity index (χ3v) is 4.77. The summed E-state index contributed by atoms with van der Waals surface area (Å²) in [6.45, 7) is 2.35. The Morgan fingerprint density at radius 1 is 1.47 bits per heavy atom. The molecule has 4 nitrogen and oxygen atoms in total. The molecule has 94 valence electrons. The Hall–Kier alpha value is -0.980. The molecule has 0 amide bonds. The molecule has 6 heteroatoms. The lowest BCUT2D eigenvalue weighted by Crippen LogP contribution is -2.32. The predicted octanol–water partition coefficient (Wildman–Crippen LogP) is 0.856. The molecule has 0 saturated carbocycles. The highest BCUT2D eigenvalue weighted by molar-refractivity contribution is 7.89. The number of benzene rings is 1. The van der Waals surface area contributed by atoms with Crippen LogP contribution in [0, 0.1) is 12.7 Å². The van der Waals surface area contributed by atoms with Gasteiger partial charge in [0.05, 0.1) is 0 Å². The lowest BCUT2D eigenvalue weighted by Gasteiger charge is -2.16. The summed E-state index contributed by atoms with van der Waals surface area (Å²) in [7, 11) is -3.75. The minimum atomic E-state index is -3.75. The average Bonchev–Trinajstić information content (AvgIpc) is 2.69. The summed E-state index contributed by atoms with van der Waals surface area (Å²) in [6, 6.07) is 3.93. The van der Waals surface area contributed by atoms with Gasteiger partial charge in [0, 0.05) is 19.1 Å². The molecule has 2 rings (SSSR count). The van der Waals surface area contributed by atoms with Crippen molar-refractivity contribution in [3.05, 3.63) is 29.6 Å². The lowest BCUT2D eigenvalue weighted by atomic mass is 10.2. The Morgan fingerprint density at radius 3 is 2.76 bits per heavy atom. The summed E-state index contributed by atoms with van der Waals surface area (Å²) in [6.07, 6.45) is 0.618. The SMILES string of the molecule is Cc1ccc(F)c(S(=O)(=O)N2CC[C@@H](N)C2)c1. The molecule has 0 spiro atoms. The first-order chi connectivity index (χ1) is 7.91. The fourth-order valence-corrected chi connectivity index (χ4v) is 3.58. The van der Waals surface area contributed by atoms with Crippen LogP contribution in [0.25, 0.3) is 0 Å². The Balaban J connectivity index is 2.41. The first-order valence-electron chi connectivity index (χ1n) is 5.43. The molecule has 2 N–H and O–H groups in total. The van der Waals surface area contributed by atoms with Crippen LogP contribution in [0.1, 0.15) is 12.0 Å². The Morgan fingerprint density at radius 2 is 2.18 bits per heavy atom. The highest BCUT2D eigenvalue weighted by Crippen LogP contribution is 2.23. The third kappa shape index (κ3) is 2.34. The molecular formula is C11H15FN2O2S. The van der Waals surface area contributed by atoms with E-state index in [1.54, 1.807) is 13.0 Å². The average molecular weight is 258 g/mol. The van der Waals surface area contributed by atoms with Gasteiger partial charge in [-0.25, -0.2) is 12.8 Å². The zero-order valence-electron chi connectivity index (χ0n) is 9.56. The maximum atomic E-state index is 13.6. The van der Waals surface area contributed by atoms with Gasteiger partial charge in [-0.1, -0.05) is 6.07 Å². The second kappa shape index (κ2) is 4.36. The van der Waals surface area contributed by atoms with Crippen molar-refractivity contribution < 1.29 is 12.8 Å². The monoisotopic (exact) mass is 258 g/mol. The van der Waals surface area contributed by atoms with E-state index in [-0.39, 0.29) is 17.5 Å². The molecule has 1 saturated heterocycles. The minimum absolute atomic E-state index is 0.155. The van der Waals surface area contributed by atoms with Crippen LogP contribution in [-0.2, 0) is 10.0 Å². The molecule has 17 heavy (non-hydrogen) atoms. The number of hydrogen-bond donors (Lipinski definition) is 1. The number of nitrogens with two attached hydrogens (primary N) is 1. The zero-order valence-corrected chi connectivity index (χ0v) is 10.4. The second-order valence-corrected chi connectivity index (χ2v) is 6.25. The summed E-state index contributed by atoms with van der Waals surface area (Å²) in [5, 5.41) is 0. The van der Waals surface area contributed by atoms with Crippen LogP contribution in [0.15, 0.2) is 23.1 Å². The van der Waals surface area contributed by atoms with Crippen molar-refractivity contribution in [1.29, 1.82) is 0 Å². The van der Waals surface area contributed by atoms with Gasteiger partial charge in [-0.15, -0.1) is 0 Å². The molecular weight excluding hydrogens is 243 g/mol. The Kier molecular flexibility index (Phi) is 3.20. The van der Waals surface area contributed by atoms with Crippen LogP contribution in [-0.4, -0.2) is 31.9 Å². The van der Waals surface area contributed by atoms with Crippen molar-refractivity contribution in [2.75, 3.05) is 13.1 Å². The number of hydrogen-bond acceptors (Lipinski definition) is 3. The largest absolute Gasteiger partial charge is 0.326 e. The summed E-state index contributed by atoms with van der Waals surface area (Å²) in [4.78, 5) is -0.258. The van der Waals surface area contributed by atoms with E-state index in [4.69, 9.17) is 5.73 Å². The number of nitrogens with zero attached hydrogens (tertiary/aromatic N) is 1. The molecule has 0 radical (unpaired) electrons. The molecule has 1 aromatic carbocycles. The normalized spacial score (nSPS) is 21.9. The fraction of sp³-hybridized carbons (Fsp3) is 0.455. The molecule has 0 aromatic heterocycles. The molecule has 1 aliphatic heterocycles. The van der Waals surface area contributed by atoms with Crippen molar-refractivity contribution in [1.82, 2.24) is 4.31 Å². The van der Waals surface area contributed by atoms with E-state index < -0.39 is 15.8 Å². The summed E-state index contributed by atoms with van der Waals surface area (Å²) in [5.41, 5.74) is 6.38. The summed E-state index contributed by atoms with van der Waals surface area (Å²) >= 11 is 0. The van der Waals surface area contributed by atoms with E-state index in [2.05, 4.69) is 0 Å². The molecule has 0 aliphatic carbocycles. The topological polar surface area (TPSA) is 63.4 Å². The van der Waals surface area contributed by atoms with Gasteiger partial charge in [-0.05, 0) is 31.0 Å². The van der Waals surface area contributed by atoms with Crippen LogP contribution < -0.4 is 5.73 Å². The first kappa shape index (κ1) is 12.5. The van der Waals surface area contributed by atoms with Crippen LogP contribution in [0.4, 0.5) is 4.39 Å². The van der Waals surface area contributed by atoms with E-state index in [0.717, 1.165) is 0 Å². The van der Waals surface area contributed by atoms with E-state index in [1.165, 1.54) is 16.4 Å². The van der Waals surface area contributed by atoms with E-state index in [1.807, 2.05) is 0 Å². The van der Waals surface area contributed by atoms with Crippen LogP contribution in [0.2, 0.25) is 0 Å². The Bertz CT molecular complexity index is 530.